The fourth-order valence-electron chi connectivity index (χ4n) is 2.39. The van der Waals surface area contributed by atoms with Crippen LogP contribution in [-0.4, -0.2) is 30.9 Å². The van der Waals surface area contributed by atoms with Crippen LogP contribution >= 0.6 is 0 Å². The van der Waals surface area contributed by atoms with Gasteiger partial charge in [0.1, 0.15) is 17.4 Å². The van der Waals surface area contributed by atoms with Crippen molar-refractivity contribution in [3.63, 3.8) is 0 Å². The molecule has 7 nitrogen and oxygen atoms in total. The second-order valence-corrected chi connectivity index (χ2v) is 6.08. The molecule has 3 rings (SSSR count). The lowest BCUT2D eigenvalue weighted by atomic mass is 10.2. The summed E-state index contributed by atoms with van der Waals surface area (Å²) < 4.78 is 36.0. The average molecular weight is 414 g/mol. The number of hydrogen-bond acceptors (Lipinski definition) is 5. The van der Waals surface area contributed by atoms with Gasteiger partial charge in [0.2, 0.25) is 11.7 Å². The topological polar surface area (TPSA) is 97.6 Å². The highest BCUT2D eigenvalue weighted by molar-refractivity contribution is 5.95. The zero-order valence-electron chi connectivity index (χ0n) is 15.5. The van der Waals surface area contributed by atoms with Crippen molar-refractivity contribution >= 4 is 23.5 Å². The lowest BCUT2D eigenvalue weighted by Crippen LogP contribution is -2.35. The van der Waals surface area contributed by atoms with E-state index in [-0.39, 0.29) is 12.3 Å². The fraction of sp³-hybridized carbons (Fsp3) is 0.0952. The Kier molecular flexibility index (Phi) is 6.53. The monoisotopic (exact) mass is 414 g/mol. The van der Waals surface area contributed by atoms with Crippen molar-refractivity contribution < 1.29 is 32.3 Å². The van der Waals surface area contributed by atoms with E-state index in [4.69, 9.17) is 9.15 Å². The molecule has 0 saturated heterocycles. The molecule has 0 aliphatic rings. The van der Waals surface area contributed by atoms with Gasteiger partial charge in [0.15, 0.2) is 6.61 Å². The molecule has 0 aliphatic carbocycles. The molecule has 3 aromatic rings. The largest absolute Gasteiger partial charge is 0.450 e. The molecule has 0 radical (unpaired) electrons. The Bertz CT molecular complexity index is 1050. The first-order valence-electron chi connectivity index (χ1n) is 8.76. The maximum atomic E-state index is 13.0. The molecule has 1 heterocycles. The number of furan rings is 1. The van der Waals surface area contributed by atoms with Crippen molar-refractivity contribution in [1.29, 1.82) is 0 Å². The van der Waals surface area contributed by atoms with Crippen LogP contribution in [0.1, 0.15) is 10.6 Å². The highest BCUT2D eigenvalue weighted by Gasteiger charge is 2.16. The summed E-state index contributed by atoms with van der Waals surface area (Å²) in [4.78, 5) is 35.5. The van der Waals surface area contributed by atoms with Gasteiger partial charge in [-0.1, -0.05) is 0 Å². The molecule has 2 aromatic carbocycles. The van der Waals surface area contributed by atoms with Gasteiger partial charge in [0.25, 0.3) is 5.91 Å². The van der Waals surface area contributed by atoms with Crippen LogP contribution in [0.25, 0.3) is 11.3 Å². The first-order valence-corrected chi connectivity index (χ1v) is 8.76. The number of hydrogen-bond donors (Lipinski definition) is 2. The van der Waals surface area contributed by atoms with Crippen molar-refractivity contribution in [3.8, 4) is 11.3 Å². The van der Waals surface area contributed by atoms with E-state index in [1.165, 1.54) is 60.7 Å². The predicted octanol–water partition coefficient (Wildman–Crippen LogP) is 3.14. The molecule has 154 valence electrons. The van der Waals surface area contributed by atoms with Gasteiger partial charge in [-0.15, -0.1) is 0 Å². The van der Waals surface area contributed by atoms with E-state index >= 15 is 0 Å². The molecule has 0 fully saturated rings. The smallest absolute Gasteiger partial charge is 0.374 e. The maximum Gasteiger partial charge on any atom is 0.374 e. The van der Waals surface area contributed by atoms with E-state index in [0.29, 0.717) is 17.0 Å². The number of halogens is 2. The third-order valence-corrected chi connectivity index (χ3v) is 3.84. The quantitative estimate of drug-likeness (QED) is 0.579. The van der Waals surface area contributed by atoms with Gasteiger partial charge >= 0.3 is 5.97 Å². The lowest BCUT2D eigenvalue weighted by Gasteiger charge is -2.07. The fourth-order valence-corrected chi connectivity index (χ4v) is 2.39. The average Bonchev–Trinajstić information content (AvgIpc) is 3.23. The number of amides is 2. The number of carbonyl (C=O) groups is 3. The summed E-state index contributed by atoms with van der Waals surface area (Å²) in [6.45, 7) is -0.974. The first-order chi connectivity index (χ1) is 14.4. The minimum Gasteiger partial charge on any atom is -0.450 e. The van der Waals surface area contributed by atoms with Crippen LogP contribution < -0.4 is 10.6 Å². The number of esters is 1. The van der Waals surface area contributed by atoms with Gasteiger partial charge in [0.05, 0.1) is 6.54 Å². The molecule has 30 heavy (non-hydrogen) atoms. The summed E-state index contributed by atoms with van der Waals surface area (Å²) in [6, 6.07) is 13.5. The highest BCUT2D eigenvalue weighted by atomic mass is 19.1. The van der Waals surface area contributed by atoms with E-state index in [9.17, 15) is 23.2 Å². The number of ether oxygens (including phenoxy) is 1. The van der Waals surface area contributed by atoms with Crippen LogP contribution in [0.5, 0.6) is 0 Å². The molecule has 0 spiro atoms. The van der Waals surface area contributed by atoms with E-state index in [1.807, 2.05) is 0 Å². The molecule has 0 saturated carbocycles. The van der Waals surface area contributed by atoms with Crippen molar-refractivity contribution in [3.05, 3.63) is 78.1 Å². The van der Waals surface area contributed by atoms with Crippen LogP contribution in [0.15, 0.2) is 65.1 Å². The summed E-state index contributed by atoms with van der Waals surface area (Å²) in [7, 11) is 0. The SMILES string of the molecule is O=C(COC(=O)c1ccc(-c2ccc(F)cc2)o1)NCC(=O)Nc1ccc(F)cc1. The molecule has 0 atom stereocenters. The molecule has 0 bridgehead atoms. The maximum absolute atomic E-state index is 13.0. The highest BCUT2D eigenvalue weighted by Crippen LogP contribution is 2.22. The van der Waals surface area contributed by atoms with Crippen molar-refractivity contribution in [2.75, 3.05) is 18.5 Å². The van der Waals surface area contributed by atoms with Crippen molar-refractivity contribution in [2.45, 2.75) is 0 Å². The second-order valence-electron chi connectivity index (χ2n) is 6.08. The van der Waals surface area contributed by atoms with Crippen LogP contribution in [0.4, 0.5) is 14.5 Å². The molecule has 2 N–H and O–H groups in total. The van der Waals surface area contributed by atoms with Crippen molar-refractivity contribution in [2.24, 2.45) is 0 Å². The zero-order valence-corrected chi connectivity index (χ0v) is 15.5. The Morgan fingerprint density at radius 1 is 0.833 bits per heavy atom. The third kappa shape index (κ3) is 5.74. The minimum absolute atomic E-state index is 0.129. The second kappa shape index (κ2) is 9.46. The summed E-state index contributed by atoms with van der Waals surface area (Å²) in [6.07, 6.45) is 0. The van der Waals surface area contributed by atoms with Gasteiger partial charge in [-0.25, -0.2) is 13.6 Å². The predicted molar refractivity (Wildman–Crippen MR) is 102 cm³/mol. The van der Waals surface area contributed by atoms with Gasteiger partial charge < -0.3 is 19.8 Å². The normalized spacial score (nSPS) is 10.3. The molecule has 2 amide bonds. The number of rotatable bonds is 7. The standard InChI is InChI=1S/C21H16F2N2O5/c22-14-3-1-13(2-4-14)17-9-10-18(30-17)21(28)29-12-20(27)24-11-19(26)25-16-7-5-15(23)6-8-16/h1-10H,11-12H2,(H,24,27)(H,25,26). The van der Waals surface area contributed by atoms with Gasteiger partial charge in [0, 0.05) is 11.3 Å². The van der Waals surface area contributed by atoms with E-state index in [1.54, 1.807) is 0 Å². The Labute approximate surface area is 169 Å². The lowest BCUT2D eigenvalue weighted by molar-refractivity contribution is -0.126. The molecule has 9 heteroatoms. The zero-order chi connectivity index (χ0) is 21.5. The number of anilines is 1. The van der Waals surface area contributed by atoms with Crippen LogP contribution in [-0.2, 0) is 14.3 Å². The Morgan fingerprint density at radius 2 is 1.47 bits per heavy atom. The number of carbonyl (C=O) groups excluding carboxylic acids is 3. The summed E-state index contributed by atoms with van der Waals surface area (Å²) in [5.41, 5.74) is 0.942. The third-order valence-electron chi connectivity index (χ3n) is 3.84. The summed E-state index contributed by atoms with van der Waals surface area (Å²) in [5.74, 6) is -2.72. The van der Waals surface area contributed by atoms with Gasteiger partial charge in [-0.05, 0) is 60.7 Å². The van der Waals surface area contributed by atoms with Crippen LogP contribution in [0.3, 0.4) is 0 Å². The first kappa shape index (κ1) is 20.7. The van der Waals surface area contributed by atoms with Gasteiger partial charge in [-0.3, -0.25) is 9.59 Å². The summed E-state index contributed by atoms with van der Waals surface area (Å²) >= 11 is 0. The van der Waals surface area contributed by atoms with Crippen LogP contribution in [0.2, 0.25) is 0 Å². The molecular formula is C21H16F2N2O5. The molecular weight excluding hydrogens is 398 g/mol. The molecule has 0 unspecified atom stereocenters. The van der Waals surface area contributed by atoms with Crippen molar-refractivity contribution in [1.82, 2.24) is 5.32 Å². The van der Waals surface area contributed by atoms with E-state index < -0.39 is 36.0 Å². The van der Waals surface area contributed by atoms with E-state index in [2.05, 4.69) is 10.6 Å². The van der Waals surface area contributed by atoms with Crippen LogP contribution in [0, 0.1) is 11.6 Å². The Hall–Kier alpha value is -4.01. The van der Waals surface area contributed by atoms with E-state index in [0.717, 1.165) is 0 Å². The van der Waals surface area contributed by atoms with Gasteiger partial charge in [-0.2, -0.15) is 0 Å². The summed E-state index contributed by atoms with van der Waals surface area (Å²) in [5, 5.41) is 4.76. The molecule has 0 aliphatic heterocycles. The Balaban J connectivity index is 1.43. The number of benzene rings is 2. The number of nitrogens with one attached hydrogen (secondary N) is 2. The minimum atomic E-state index is -0.866. The Morgan fingerprint density at radius 3 is 2.13 bits per heavy atom. The molecule has 1 aromatic heterocycles.